The van der Waals surface area contributed by atoms with Gasteiger partial charge in [-0.25, -0.2) is 0 Å². The molecule has 17 heavy (non-hydrogen) atoms. The molecule has 1 rings (SSSR count). The quantitative estimate of drug-likeness (QED) is 0.251. The maximum Gasteiger partial charge on any atom is 0.147 e. The molecular weight excluding hydrogens is 218 g/mol. The summed E-state index contributed by atoms with van der Waals surface area (Å²) in [5.41, 5.74) is 6.65. The van der Waals surface area contributed by atoms with Crippen molar-refractivity contribution < 1.29 is 10.3 Å². The summed E-state index contributed by atoms with van der Waals surface area (Å²) in [7, 11) is 0. The molecule has 0 saturated carbocycles. The summed E-state index contributed by atoms with van der Waals surface area (Å²) >= 11 is 0. The Morgan fingerprint density at radius 2 is 2.06 bits per heavy atom. The Morgan fingerprint density at radius 3 is 2.59 bits per heavy atom. The van der Waals surface area contributed by atoms with Gasteiger partial charge >= 0.3 is 0 Å². The molecular formula is C12H19N3O2. The molecule has 0 heterocycles. The standard InChI is InChI=1S/C12H19N3O2/c1-9(8-16)14-7-11(12(13)15-17)10-5-3-2-4-6-10/h2-6,9,11,14,16-17H,7-8H2,1H3,(H2,13,15). The van der Waals surface area contributed by atoms with Crippen LogP contribution < -0.4 is 11.1 Å². The fraction of sp³-hybridized carbons (Fsp3) is 0.417. The highest BCUT2D eigenvalue weighted by atomic mass is 16.4. The first kappa shape index (κ1) is 13.5. The molecule has 2 atom stereocenters. The fourth-order valence-electron chi connectivity index (χ4n) is 1.53. The molecule has 0 bridgehead atoms. The van der Waals surface area contributed by atoms with Crippen LogP contribution in [0.2, 0.25) is 0 Å². The van der Waals surface area contributed by atoms with Crippen molar-refractivity contribution >= 4 is 5.84 Å². The molecule has 0 aromatic heterocycles. The van der Waals surface area contributed by atoms with E-state index in [0.29, 0.717) is 6.54 Å². The van der Waals surface area contributed by atoms with Gasteiger partial charge in [0.15, 0.2) is 0 Å². The summed E-state index contributed by atoms with van der Waals surface area (Å²) in [6, 6.07) is 9.55. The number of nitrogens with one attached hydrogen (secondary N) is 1. The largest absolute Gasteiger partial charge is 0.409 e. The summed E-state index contributed by atoms with van der Waals surface area (Å²) in [5.74, 6) is -0.0379. The lowest BCUT2D eigenvalue weighted by Gasteiger charge is -2.19. The smallest absolute Gasteiger partial charge is 0.147 e. The number of oxime groups is 1. The first-order valence-corrected chi connectivity index (χ1v) is 5.55. The lowest BCUT2D eigenvalue weighted by atomic mass is 9.98. The van der Waals surface area contributed by atoms with Crippen molar-refractivity contribution in [3.63, 3.8) is 0 Å². The van der Waals surface area contributed by atoms with E-state index >= 15 is 0 Å². The Hall–Kier alpha value is -1.59. The third-order valence-corrected chi connectivity index (χ3v) is 2.62. The average molecular weight is 237 g/mol. The molecule has 94 valence electrons. The SMILES string of the molecule is CC(CO)NCC(/C(N)=N/O)c1ccccc1. The normalized spacial score (nSPS) is 15.5. The van der Waals surface area contributed by atoms with E-state index in [1.54, 1.807) is 0 Å². The molecule has 0 aliphatic heterocycles. The molecule has 0 radical (unpaired) electrons. The molecule has 0 aliphatic rings. The monoisotopic (exact) mass is 237 g/mol. The molecule has 1 aromatic rings. The van der Waals surface area contributed by atoms with Gasteiger partial charge in [0.2, 0.25) is 0 Å². The number of benzene rings is 1. The molecule has 1 aromatic carbocycles. The summed E-state index contributed by atoms with van der Waals surface area (Å²) in [5, 5.41) is 23.9. The number of nitrogens with zero attached hydrogens (tertiary/aromatic N) is 1. The van der Waals surface area contributed by atoms with Gasteiger partial charge in [-0.3, -0.25) is 0 Å². The van der Waals surface area contributed by atoms with E-state index in [2.05, 4.69) is 10.5 Å². The summed E-state index contributed by atoms with van der Waals surface area (Å²) in [6.45, 7) is 2.44. The van der Waals surface area contributed by atoms with Gasteiger partial charge in [-0.1, -0.05) is 35.5 Å². The molecule has 5 heteroatoms. The van der Waals surface area contributed by atoms with Crippen LogP contribution in [0.3, 0.4) is 0 Å². The Bertz CT molecular complexity index is 354. The zero-order chi connectivity index (χ0) is 12.7. The van der Waals surface area contributed by atoms with Crippen molar-refractivity contribution in [2.24, 2.45) is 10.9 Å². The van der Waals surface area contributed by atoms with E-state index in [4.69, 9.17) is 16.0 Å². The van der Waals surface area contributed by atoms with Crippen molar-refractivity contribution in [1.29, 1.82) is 0 Å². The number of hydrogen-bond acceptors (Lipinski definition) is 4. The molecule has 2 unspecified atom stereocenters. The van der Waals surface area contributed by atoms with E-state index in [9.17, 15) is 0 Å². The predicted molar refractivity (Wildman–Crippen MR) is 67.1 cm³/mol. The Kier molecular flexibility index (Phi) is 5.45. The van der Waals surface area contributed by atoms with E-state index in [1.807, 2.05) is 37.3 Å². The van der Waals surface area contributed by atoms with Crippen LogP contribution in [0.25, 0.3) is 0 Å². The summed E-state index contributed by atoms with van der Waals surface area (Å²) in [4.78, 5) is 0. The maximum atomic E-state index is 8.94. The third-order valence-electron chi connectivity index (χ3n) is 2.62. The molecule has 0 aliphatic carbocycles. The predicted octanol–water partition coefficient (Wildman–Crippen LogP) is 0.487. The highest BCUT2D eigenvalue weighted by Crippen LogP contribution is 2.14. The summed E-state index contributed by atoms with van der Waals surface area (Å²) < 4.78 is 0. The van der Waals surface area contributed by atoms with Crippen LogP contribution in [0, 0.1) is 0 Å². The van der Waals surface area contributed by atoms with E-state index < -0.39 is 0 Å². The van der Waals surface area contributed by atoms with Crippen LogP contribution >= 0.6 is 0 Å². The number of rotatable bonds is 6. The van der Waals surface area contributed by atoms with Crippen molar-refractivity contribution in [3.8, 4) is 0 Å². The average Bonchev–Trinajstić information content (AvgIpc) is 2.39. The lowest BCUT2D eigenvalue weighted by molar-refractivity contribution is 0.251. The van der Waals surface area contributed by atoms with Crippen LogP contribution in [0.5, 0.6) is 0 Å². The minimum absolute atomic E-state index is 0.0206. The highest BCUT2D eigenvalue weighted by molar-refractivity contribution is 5.87. The van der Waals surface area contributed by atoms with E-state index in [1.165, 1.54) is 0 Å². The minimum atomic E-state index is -0.199. The van der Waals surface area contributed by atoms with Crippen molar-refractivity contribution in [2.45, 2.75) is 18.9 Å². The molecule has 5 N–H and O–H groups in total. The highest BCUT2D eigenvalue weighted by Gasteiger charge is 2.16. The van der Waals surface area contributed by atoms with Gasteiger partial charge in [-0.15, -0.1) is 0 Å². The van der Waals surface area contributed by atoms with Crippen LogP contribution in [-0.4, -0.2) is 35.3 Å². The van der Waals surface area contributed by atoms with Gasteiger partial charge in [0.05, 0.1) is 12.5 Å². The van der Waals surface area contributed by atoms with Gasteiger partial charge in [0.1, 0.15) is 5.84 Å². The number of amidine groups is 1. The van der Waals surface area contributed by atoms with Crippen LogP contribution in [-0.2, 0) is 0 Å². The zero-order valence-electron chi connectivity index (χ0n) is 9.87. The van der Waals surface area contributed by atoms with Crippen molar-refractivity contribution in [1.82, 2.24) is 5.32 Å². The second-order valence-corrected chi connectivity index (χ2v) is 3.98. The molecule has 5 nitrogen and oxygen atoms in total. The third kappa shape index (κ3) is 4.05. The fourth-order valence-corrected chi connectivity index (χ4v) is 1.53. The molecule has 0 amide bonds. The Balaban J connectivity index is 2.75. The zero-order valence-corrected chi connectivity index (χ0v) is 9.87. The topological polar surface area (TPSA) is 90.9 Å². The molecule has 0 spiro atoms. The number of nitrogens with two attached hydrogens (primary N) is 1. The van der Waals surface area contributed by atoms with E-state index in [-0.39, 0.29) is 24.4 Å². The number of aliphatic hydroxyl groups is 1. The van der Waals surface area contributed by atoms with Crippen LogP contribution in [0.15, 0.2) is 35.5 Å². The lowest BCUT2D eigenvalue weighted by Crippen LogP contribution is -2.37. The van der Waals surface area contributed by atoms with Crippen molar-refractivity contribution in [2.75, 3.05) is 13.2 Å². The second kappa shape index (κ2) is 6.88. The Morgan fingerprint density at radius 1 is 1.41 bits per heavy atom. The molecule has 0 saturated heterocycles. The van der Waals surface area contributed by atoms with Gasteiger partial charge in [0, 0.05) is 12.6 Å². The van der Waals surface area contributed by atoms with Crippen molar-refractivity contribution in [3.05, 3.63) is 35.9 Å². The van der Waals surface area contributed by atoms with Gasteiger partial charge in [-0.05, 0) is 12.5 Å². The van der Waals surface area contributed by atoms with Crippen LogP contribution in [0.1, 0.15) is 18.4 Å². The first-order valence-electron chi connectivity index (χ1n) is 5.55. The van der Waals surface area contributed by atoms with E-state index in [0.717, 1.165) is 5.56 Å². The Labute approximate surface area is 101 Å². The maximum absolute atomic E-state index is 8.94. The first-order chi connectivity index (χ1) is 8.19. The summed E-state index contributed by atoms with van der Waals surface area (Å²) in [6.07, 6.45) is 0. The minimum Gasteiger partial charge on any atom is -0.409 e. The van der Waals surface area contributed by atoms with Crippen LogP contribution in [0.4, 0.5) is 0 Å². The second-order valence-electron chi connectivity index (χ2n) is 3.98. The van der Waals surface area contributed by atoms with Gasteiger partial charge in [-0.2, -0.15) is 0 Å². The van der Waals surface area contributed by atoms with Gasteiger partial charge < -0.3 is 21.4 Å². The molecule has 0 fully saturated rings. The number of aliphatic hydroxyl groups excluding tert-OH is 1. The van der Waals surface area contributed by atoms with Gasteiger partial charge in [0.25, 0.3) is 0 Å². The number of hydrogen-bond donors (Lipinski definition) is 4.